The van der Waals surface area contributed by atoms with Crippen molar-refractivity contribution in [2.75, 3.05) is 30.2 Å². The highest BCUT2D eigenvalue weighted by Gasteiger charge is 2.15. The number of hydrogen-bond acceptors (Lipinski definition) is 5. The van der Waals surface area contributed by atoms with Crippen LogP contribution in [-0.2, 0) is 9.59 Å². The van der Waals surface area contributed by atoms with E-state index in [1.54, 1.807) is 56.5 Å². The molecule has 0 aliphatic heterocycles. The fourth-order valence-corrected chi connectivity index (χ4v) is 2.32. The van der Waals surface area contributed by atoms with Gasteiger partial charge in [-0.3, -0.25) is 9.59 Å². The van der Waals surface area contributed by atoms with Crippen LogP contribution in [0.25, 0.3) is 0 Å². The van der Waals surface area contributed by atoms with Gasteiger partial charge in [-0.05, 0) is 43.3 Å². The number of carbonyl (C=O) groups excluding carboxylic acids is 2. The number of hydrogen-bond donors (Lipinski definition) is 3. The summed E-state index contributed by atoms with van der Waals surface area (Å²) >= 11 is 0. The molecule has 0 saturated heterocycles. The quantitative estimate of drug-likeness (QED) is 0.709. The molecule has 0 aliphatic carbocycles. The number of anilines is 3. The lowest BCUT2D eigenvalue weighted by atomic mass is 10.2. The highest BCUT2D eigenvalue weighted by Crippen LogP contribution is 2.29. The van der Waals surface area contributed by atoms with Gasteiger partial charge in [0.2, 0.25) is 11.8 Å². The predicted molar refractivity (Wildman–Crippen MR) is 102 cm³/mol. The van der Waals surface area contributed by atoms with Crippen molar-refractivity contribution in [1.29, 1.82) is 0 Å². The lowest BCUT2D eigenvalue weighted by molar-refractivity contribution is -0.116. The molecule has 2 amide bonds. The first-order chi connectivity index (χ1) is 12.4. The molecule has 7 heteroatoms. The van der Waals surface area contributed by atoms with E-state index in [0.29, 0.717) is 22.9 Å². The van der Waals surface area contributed by atoms with Gasteiger partial charge in [0.1, 0.15) is 17.5 Å². The third-order valence-corrected chi connectivity index (χ3v) is 3.65. The zero-order valence-electron chi connectivity index (χ0n) is 15.3. The largest absolute Gasteiger partial charge is 0.497 e. The van der Waals surface area contributed by atoms with Crippen LogP contribution in [0.3, 0.4) is 0 Å². The second-order valence-electron chi connectivity index (χ2n) is 5.68. The van der Waals surface area contributed by atoms with Crippen LogP contribution in [0, 0.1) is 0 Å². The van der Waals surface area contributed by atoms with E-state index in [9.17, 15) is 9.59 Å². The average Bonchev–Trinajstić information content (AvgIpc) is 2.62. The summed E-state index contributed by atoms with van der Waals surface area (Å²) in [6.07, 6.45) is 0. The minimum absolute atomic E-state index is 0.134. The molecule has 0 heterocycles. The maximum Gasteiger partial charge on any atom is 0.246 e. The van der Waals surface area contributed by atoms with Gasteiger partial charge in [-0.15, -0.1) is 0 Å². The van der Waals surface area contributed by atoms with E-state index in [1.165, 1.54) is 14.0 Å². The second-order valence-corrected chi connectivity index (χ2v) is 5.68. The van der Waals surface area contributed by atoms with Gasteiger partial charge in [-0.1, -0.05) is 0 Å². The smallest absolute Gasteiger partial charge is 0.246 e. The fourth-order valence-electron chi connectivity index (χ4n) is 2.32. The van der Waals surface area contributed by atoms with Gasteiger partial charge in [0.15, 0.2) is 0 Å². The molecular weight excluding hydrogens is 334 g/mol. The molecule has 138 valence electrons. The van der Waals surface area contributed by atoms with Crippen molar-refractivity contribution < 1.29 is 19.1 Å². The van der Waals surface area contributed by atoms with Crippen LogP contribution in [0.15, 0.2) is 42.5 Å². The number of ether oxygens (including phenoxy) is 2. The Labute approximate surface area is 152 Å². The van der Waals surface area contributed by atoms with E-state index in [1.807, 2.05) is 0 Å². The summed E-state index contributed by atoms with van der Waals surface area (Å²) in [4.78, 5) is 23.5. The second kappa shape index (κ2) is 8.75. The SMILES string of the molecule is COc1ccc(OC)c(NC(=O)C(C)Nc2ccc(NC(C)=O)cc2)c1. The standard InChI is InChI=1S/C19H23N3O4/c1-12(20-14-5-7-15(8-6-14)21-13(2)23)19(24)22-17-11-16(25-3)9-10-18(17)26-4/h5-12,20H,1-4H3,(H,21,23)(H,22,24). The first-order valence-corrected chi connectivity index (χ1v) is 8.10. The van der Waals surface area contributed by atoms with Gasteiger partial charge in [0.05, 0.1) is 19.9 Å². The number of methoxy groups -OCH3 is 2. The zero-order valence-corrected chi connectivity index (χ0v) is 15.3. The van der Waals surface area contributed by atoms with E-state index in [4.69, 9.17) is 9.47 Å². The van der Waals surface area contributed by atoms with E-state index in [0.717, 1.165) is 5.69 Å². The van der Waals surface area contributed by atoms with Gasteiger partial charge in [-0.2, -0.15) is 0 Å². The summed E-state index contributed by atoms with van der Waals surface area (Å²) in [6.45, 7) is 3.20. The van der Waals surface area contributed by atoms with E-state index in [-0.39, 0.29) is 11.8 Å². The topological polar surface area (TPSA) is 88.7 Å². The minimum Gasteiger partial charge on any atom is -0.497 e. The Hall–Kier alpha value is -3.22. The van der Waals surface area contributed by atoms with E-state index < -0.39 is 6.04 Å². The summed E-state index contributed by atoms with van der Waals surface area (Å²) in [5, 5.41) is 8.63. The molecule has 0 saturated carbocycles. The maximum absolute atomic E-state index is 12.5. The van der Waals surface area contributed by atoms with Crippen molar-refractivity contribution >= 4 is 28.9 Å². The lowest BCUT2D eigenvalue weighted by Crippen LogP contribution is -2.32. The lowest BCUT2D eigenvalue weighted by Gasteiger charge is -2.17. The first kappa shape index (κ1) is 19.1. The maximum atomic E-state index is 12.5. The molecule has 26 heavy (non-hydrogen) atoms. The van der Waals surface area contributed by atoms with Gasteiger partial charge in [-0.25, -0.2) is 0 Å². The molecular formula is C19H23N3O4. The summed E-state index contributed by atoms with van der Waals surface area (Å²) in [5.74, 6) is 0.814. The van der Waals surface area contributed by atoms with Gasteiger partial charge in [0, 0.05) is 24.4 Å². The number of benzene rings is 2. The monoisotopic (exact) mass is 357 g/mol. The predicted octanol–water partition coefficient (Wildman–Crippen LogP) is 3.10. The van der Waals surface area contributed by atoms with Crippen molar-refractivity contribution in [2.24, 2.45) is 0 Å². The van der Waals surface area contributed by atoms with Crippen LogP contribution in [-0.4, -0.2) is 32.1 Å². The summed E-state index contributed by atoms with van der Waals surface area (Å²) in [5.41, 5.74) is 1.99. The minimum atomic E-state index is -0.488. The molecule has 7 nitrogen and oxygen atoms in total. The van der Waals surface area contributed by atoms with Crippen LogP contribution in [0.1, 0.15) is 13.8 Å². The Morgan fingerprint density at radius 1 is 0.923 bits per heavy atom. The van der Waals surface area contributed by atoms with Crippen LogP contribution in [0.5, 0.6) is 11.5 Å². The van der Waals surface area contributed by atoms with Crippen LogP contribution in [0.2, 0.25) is 0 Å². The van der Waals surface area contributed by atoms with Crippen molar-refractivity contribution in [1.82, 2.24) is 0 Å². The molecule has 2 aromatic carbocycles. The molecule has 0 radical (unpaired) electrons. The average molecular weight is 357 g/mol. The fraction of sp³-hybridized carbons (Fsp3) is 0.263. The number of nitrogens with one attached hydrogen (secondary N) is 3. The Morgan fingerprint density at radius 3 is 2.15 bits per heavy atom. The summed E-state index contributed by atoms with van der Waals surface area (Å²) < 4.78 is 10.4. The Bertz CT molecular complexity index is 775. The highest BCUT2D eigenvalue weighted by molar-refractivity contribution is 5.97. The Balaban J connectivity index is 2.02. The van der Waals surface area contributed by atoms with Gasteiger partial charge >= 0.3 is 0 Å². The van der Waals surface area contributed by atoms with Crippen molar-refractivity contribution in [2.45, 2.75) is 19.9 Å². The normalized spacial score (nSPS) is 11.2. The molecule has 1 atom stereocenters. The van der Waals surface area contributed by atoms with Gasteiger partial charge < -0.3 is 25.4 Å². The van der Waals surface area contributed by atoms with Crippen molar-refractivity contribution in [3.63, 3.8) is 0 Å². The highest BCUT2D eigenvalue weighted by atomic mass is 16.5. The summed E-state index contributed by atoms with van der Waals surface area (Å²) in [6, 6.07) is 11.8. The van der Waals surface area contributed by atoms with Crippen molar-refractivity contribution in [3.05, 3.63) is 42.5 Å². The number of carbonyl (C=O) groups is 2. The van der Waals surface area contributed by atoms with Crippen LogP contribution >= 0.6 is 0 Å². The number of rotatable bonds is 7. The van der Waals surface area contributed by atoms with Crippen molar-refractivity contribution in [3.8, 4) is 11.5 Å². The summed E-state index contributed by atoms with van der Waals surface area (Å²) in [7, 11) is 3.10. The molecule has 1 unspecified atom stereocenters. The van der Waals surface area contributed by atoms with E-state index in [2.05, 4.69) is 16.0 Å². The first-order valence-electron chi connectivity index (χ1n) is 8.10. The molecule has 0 fully saturated rings. The molecule has 2 rings (SSSR count). The molecule has 0 aromatic heterocycles. The molecule has 0 spiro atoms. The van der Waals surface area contributed by atoms with Crippen LogP contribution < -0.4 is 25.4 Å². The molecule has 3 N–H and O–H groups in total. The molecule has 2 aromatic rings. The van der Waals surface area contributed by atoms with Gasteiger partial charge in [0.25, 0.3) is 0 Å². The third-order valence-electron chi connectivity index (χ3n) is 3.65. The Morgan fingerprint density at radius 2 is 1.58 bits per heavy atom. The third kappa shape index (κ3) is 5.14. The number of amides is 2. The van der Waals surface area contributed by atoms with E-state index >= 15 is 0 Å². The Kier molecular flexibility index (Phi) is 6.43. The van der Waals surface area contributed by atoms with Crippen LogP contribution in [0.4, 0.5) is 17.1 Å². The molecule has 0 aliphatic rings. The zero-order chi connectivity index (χ0) is 19.1. The molecule has 0 bridgehead atoms.